The monoisotopic (exact) mass is 417 g/mol. The molecule has 2 aromatic rings. The molecule has 3 rings (SSSR count). The third-order valence-corrected chi connectivity index (χ3v) is 5.35. The summed E-state index contributed by atoms with van der Waals surface area (Å²) in [6.45, 7) is 8.25. The van der Waals surface area contributed by atoms with Crippen LogP contribution in [0.15, 0.2) is 46.9 Å². The van der Waals surface area contributed by atoms with Gasteiger partial charge in [0.05, 0.1) is 12.6 Å². The minimum atomic E-state index is -0.370. The molecule has 1 N–H and O–H groups in total. The number of fused-ring (bicyclic) bond motifs is 1. The first-order chi connectivity index (χ1) is 12.3. The molecule has 1 aliphatic heterocycles. The fraction of sp³-hybridized carbons (Fsp3) is 0.381. The lowest BCUT2D eigenvalue weighted by molar-refractivity contribution is -0.154. The number of hydrogen-bond acceptors (Lipinski definition) is 4. The number of halogens is 1. The number of benzene rings is 2. The zero-order valence-corrected chi connectivity index (χ0v) is 17.1. The van der Waals surface area contributed by atoms with Gasteiger partial charge in [0.2, 0.25) is 0 Å². The van der Waals surface area contributed by atoms with E-state index >= 15 is 0 Å². The third-order valence-electron chi connectivity index (χ3n) is 4.82. The molecule has 0 aromatic heterocycles. The quantitative estimate of drug-likeness (QED) is 0.653. The summed E-state index contributed by atoms with van der Waals surface area (Å²) in [5.74, 6) is 0.496. The third kappa shape index (κ3) is 3.58. The lowest BCUT2D eigenvalue weighted by Crippen LogP contribution is -2.40. The highest BCUT2D eigenvalue weighted by molar-refractivity contribution is 9.10. The van der Waals surface area contributed by atoms with E-state index in [1.54, 1.807) is 0 Å². The van der Waals surface area contributed by atoms with Crippen LogP contribution in [-0.4, -0.2) is 12.6 Å². The minimum absolute atomic E-state index is 0.00499. The van der Waals surface area contributed by atoms with E-state index < -0.39 is 0 Å². The highest BCUT2D eigenvalue weighted by Crippen LogP contribution is 2.53. The Bertz CT molecular complexity index is 801. The molecule has 0 amide bonds. The van der Waals surface area contributed by atoms with Gasteiger partial charge in [0, 0.05) is 28.1 Å². The zero-order valence-electron chi connectivity index (χ0n) is 15.5. The molecule has 4 nitrogen and oxygen atoms in total. The average molecular weight is 418 g/mol. The van der Waals surface area contributed by atoms with E-state index in [9.17, 15) is 4.79 Å². The molecule has 0 saturated carbocycles. The predicted molar refractivity (Wildman–Crippen MR) is 106 cm³/mol. The second-order valence-electron chi connectivity index (χ2n) is 7.12. The van der Waals surface area contributed by atoms with Crippen LogP contribution in [0.5, 0.6) is 5.75 Å². The van der Waals surface area contributed by atoms with Crippen LogP contribution in [0, 0.1) is 5.41 Å². The first-order valence-corrected chi connectivity index (χ1v) is 9.58. The van der Waals surface area contributed by atoms with Crippen molar-refractivity contribution in [3.05, 3.63) is 58.1 Å². The SMILES string of the molecule is CCOc1ccc2c(c1)C(OC(C)=O)C(C)(C)C(c1ccc(Br)cc1)N2. The summed E-state index contributed by atoms with van der Waals surface area (Å²) in [5.41, 5.74) is 2.71. The van der Waals surface area contributed by atoms with Crippen molar-refractivity contribution in [2.24, 2.45) is 5.41 Å². The van der Waals surface area contributed by atoms with Gasteiger partial charge in [-0.3, -0.25) is 4.79 Å². The summed E-state index contributed by atoms with van der Waals surface area (Å²) in [6, 6.07) is 14.2. The first-order valence-electron chi connectivity index (χ1n) is 8.79. The van der Waals surface area contributed by atoms with Gasteiger partial charge in [-0.05, 0) is 42.8 Å². The number of anilines is 1. The number of ether oxygens (including phenoxy) is 2. The second kappa shape index (κ2) is 7.31. The molecule has 2 unspecified atom stereocenters. The molecule has 2 aromatic carbocycles. The Balaban J connectivity index is 2.08. The molecule has 0 aliphatic carbocycles. The van der Waals surface area contributed by atoms with Gasteiger partial charge in [-0.25, -0.2) is 0 Å². The molecule has 0 bridgehead atoms. The van der Waals surface area contributed by atoms with E-state index in [-0.39, 0.29) is 23.5 Å². The summed E-state index contributed by atoms with van der Waals surface area (Å²) in [6.07, 6.45) is -0.370. The van der Waals surface area contributed by atoms with Gasteiger partial charge in [-0.1, -0.05) is 41.9 Å². The molecule has 0 spiro atoms. The maximum atomic E-state index is 11.8. The van der Waals surface area contributed by atoms with Gasteiger partial charge in [-0.2, -0.15) is 0 Å². The van der Waals surface area contributed by atoms with Crippen LogP contribution in [0.1, 0.15) is 51.0 Å². The summed E-state index contributed by atoms with van der Waals surface area (Å²) >= 11 is 3.49. The molecular formula is C21H24BrNO3. The fourth-order valence-electron chi connectivity index (χ4n) is 3.59. The van der Waals surface area contributed by atoms with Crippen molar-refractivity contribution in [2.75, 3.05) is 11.9 Å². The van der Waals surface area contributed by atoms with Crippen molar-refractivity contribution in [3.63, 3.8) is 0 Å². The topological polar surface area (TPSA) is 47.6 Å². The Morgan fingerprint density at radius 2 is 1.88 bits per heavy atom. The van der Waals surface area contributed by atoms with Gasteiger partial charge in [-0.15, -0.1) is 0 Å². The second-order valence-corrected chi connectivity index (χ2v) is 8.04. The van der Waals surface area contributed by atoms with Gasteiger partial charge in [0.15, 0.2) is 0 Å². The van der Waals surface area contributed by atoms with Gasteiger partial charge in [0.25, 0.3) is 0 Å². The van der Waals surface area contributed by atoms with E-state index in [4.69, 9.17) is 9.47 Å². The lowest BCUT2D eigenvalue weighted by Gasteiger charge is -2.46. The van der Waals surface area contributed by atoms with Crippen LogP contribution in [0.2, 0.25) is 0 Å². The van der Waals surface area contributed by atoms with E-state index in [2.05, 4.69) is 47.2 Å². The number of carbonyl (C=O) groups excluding carboxylic acids is 1. The van der Waals surface area contributed by atoms with Crippen molar-refractivity contribution < 1.29 is 14.3 Å². The maximum absolute atomic E-state index is 11.8. The minimum Gasteiger partial charge on any atom is -0.494 e. The summed E-state index contributed by atoms with van der Waals surface area (Å²) in [7, 11) is 0. The van der Waals surface area contributed by atoms with Crippen molar-refractivity contribution in [2.45, 2.75) is 39.8 Å². The Hall–Kier alpha value is -2.01. The lowest BCUT2D eigenvalue weighted by atomic mass is 9.70. The highest BCUT2D eigenvalue weighted by Gasteiger charge is 2.46. The molecule has 5 heteroatoms. The molecule has 138 valence electrons. The largest absolute Gasteiger partial charge is 0.494 e. The predicted octanol–water partition coefficient (Wildman–Crippen LogP) is 5.65. The summed E-state index contributed by atoms with van der Waals surface area (Å²) in [5, 5.41) is 3.63. The van der Waals surface area contributed by atoms with Crippen LogP contribution < -0.4 is 10.1 Å². The van der Waals surface area contributed by atoms with Crippen LogP contribution in [-0.2, 0) is 9.53 Å². The average Bonchev–Trinajstić information content (AvgIpc) is 2.58. The molecular weight excluding hydrogens is 394 g/mol. The van der Waals surface area contributed by atoms with E-state index in [1.165, 1.54) is 6.92 Å². The smallest absolute Gasteiger partial charge is 0.303 e. The van der Waals surface area contributed by atoms with E-state index in [0.29, 0.717) is 6.61 Å². The molecule has 1 heterocycles. The number of nitrogens with one attached hydrogen (secondary N) is 1. The van der Waals surface area contributed by atoms with E-state index in [0.717, 1.165) is 27.0 Å². The number of esters is 1. The number of carbonyl (C=O) groups is 1. The van der Waals surface area contributed by atoms with E-state index in [1.807, 2.05) is 37.3 Å². The number of rotatable bonds is 4. The molecule has 1 aliphatic rings. The highest BCUT2D eigenvalue weighted by atomic mass is 79.9. The molecule has 26 heavy (non-hydrogen) atoms. The number of hydrogen-bond donors (Lipinski definition) is 1. The van der Waals surface area contributed by atoms with Crippen LogP contribution in [0.3, 0.4) is 0 Å². The molecule has 2 atom stereocenters. The standard InChI is InChI=1S/C21H24BrNO3/c1-5-25-16-10-11-18-17(12-16)20(26-13(2)24)21(3,4)19(23-18)14-6-8-15(22)9-7-14/h6-12,19-20,23H,5H2,1-4H3. The van der Waals surface area contributed by atoms with Crippen molar-refractivity contribution in [1.82, 2.24) is 0 Å². The summed E-state index contributed by atoms with van der Waals surface area (Å²) in [4.78, 5) is 11.8. The van der Waals surface area contributed by atoms with Gasteiger partial charge < -0.3 is 14.8 Å². The Labute approximate surface area is 163 Å². The van der Waals surface area contributed by atoms with Crippen molar-refractivity contribution >= 4 is 27.6 Å². The molecule has 0 saturated heterocycles. The molecule has 0 fully saturated rings. The fourth-order valence-corrected chi connectivity index (χ4v) is 3.85. The van der Waals surface area contributed by atoms with Crippen LogP contribution in [0.25, 0.3) is 0 Å². The van der Waals surface area contributed by atoms with Crippen molar-refractivity contribution in [3.8, 4) is 5.75 Å². The van der Waals surface area contributed by atoms with Gasteiger partial charge in [0.1, 0.15) is 11.9 Å². The zero-order chi connectivity index (χ0) is 18.9. The maximum Gasteiger partial charge on any atom is 0.303 e. The molecule has 0 radical (unpaired) electrons. The van der Waals surface area contributed by atoms with Crippen LogP contribution in [0.4, 0.5) is 5.69 Å². The van der Waals surface area contributed by atoms with Crippen LogP contribution >= 0.6 is 15.9 Å². The summed E-state index contributed by atoms with van der Waals surface area (Å²) < 4.78 is 12.5. The van der Waals surface area contributed by atoms with Crippen molar-refractivity contribution in [1.29, 1.82) is 0 Å². The normalized spacial score (nSPS) is 20.7. The first kappa shape index (κ1) is 18.8. The Morgan fingerprint density at radius 3 is 2.50 bits per heavy atom. The Morgan fingerprint density at radius 1 is 1.19 bits per heavy atom. The van der Waals surface area contributed by atoms with Gasteiger partial charge >= 0.3 is 5.97 Å². The Kier molecular flexibility index (Phi) is 5.28.